The summed E-state index contributed by atoms with van der Waals surface area (Å²) in [6.45, 7) is 4.99. The van der Waals surface area contributed by atoms with Crippen molar-refractivity contribution in [3.05, 3.63) is 0 Å². The van der Waals surface area contributed by atoms with Crippen LogP contribution in [-0.4, -0.2) is 55.2 Å². The van der Waals surface area contributed by atoms with Crippen molar-refractivity contribution >= 4 is 5.91 Å². The van der Waals surface area contributed by atoms with Gasteiger partial charge in [0.25, 0.3) is 0 Å². The zero-order valence-corrected chi connectivity index (χ0v) is 10.5. The van der Waals surface area contributed by atoms with Gasteiger partial charge in [-0.3, -0.25) is 9.69 Å². The molecular formula is C12H23N3O2. The lowest BCUT2D eigenvalue weighted by Crippen LogP contribution is -2.56. The molecule has 0 radical (unpaired) electrons. The molecule has 1 amide bonds. The standard InChI is InChI=1S/C12H23N3O2/c1-9-7-15(8-10(6-13)17-9)11-4-2-3-5-14-12(11)16/h9-11H,2-8,13H2,1H3,(H,14,16). The Bertz CT molecular complexity index is 272. The number of morpholine rings is 1. The van der Waals surface area contributed by atoms with E-state index in [1.807, 2.05) is 6.92 Å². The van der Waals surface area contributed by atoms with Crippen LogP contribution < -0.4 is 11.1 Å². The molecule has 2 heterocycles. The first kappa shape index (κ1) is 12.8. The average molecular weight is 241 g/mol. The van der Waals surface area contributed by atoms with E-state index in [4.69, 9.17) is 10.5 Å². The number of nitrogens with zero attached hydrogens (tertiary/aromatic N) is 1. The molecule has 3 atom stereocenters. The van der Waals surface area contributed by atoms with E-state index in [1.165, 1.54) is 0 Å². The van der Waals surface area contributed by atoms with Crippen molar-refractivity contribution in [2.75, 3.05) is 26.2 Å². The quantitative estimate of drug-likeness (QED) is 0.697. The lowest BCUT2D eigenvalue weighted by molar-refractivity contribution is -0.133. The van der Waals surface area contributed by atoms with Crippen LogP contribution in [0.1, 0.15) is 26.2 Å². The average Bonchev–Trinajstić information content (AvgIpc) is 2.53. The third kappa shape index (κ3) is 3.18. The molecule has 2 saturated heterocycles. The normalized spacial score (nSPS) is 36.4. The highest BCUT2D eigenvalue weighted by Gasteiger charge is 2.33. The second kappa shape index (κ2) is 5.80. The van der Waals surface area contributed by atoms with Crippen LogP contribution in [0.3, 0.4) is 0 Å². The van der Waals surface area contributed by atoms with Gasteiger partial charge in [0.05, 0.1) is 18.2 Å². The minimum atomic E-state index is 0.0119. The lowest BCUT2D eigenvalue weighted by atomic mass is 10.1. The molecule has 17 heavy (non-hydrogen) atoms. The molecule has 2 aliphatic rings. The molecule has 0 aromatic heterocycles. The van der Waals surface area contributed by atoms with Gasteiger partial charge < -0.3 is 15.8 Å². The summed E-state index contributed by atoms with van der Waals surface area (Å²) in [4.78, 5) is 14.2. The van der Waals surface area contributed by atoms with Crippen LogP contribution in [0, 0.1) is 0 Å². The SMILES string of the molecule is CC1CN(C2CCCCNC2=O)CC(CN)O1. The number of hydrogen-bond acceptors (Lipinski definition) is 4. The van der Waals surface area contributed by atoms with Crippen molar-refractivity contribution < 1.29 is 9.53 Å². The zero-order chi connectivity index (χ0) is 12.3. The second-order valence-corrected chi connectivity index (χ2v) is 5.06. The molecule has 0 bridgehead atoms. The first-order valence-electron chi connectivity index (χ1n) is 6.58. The van der Waals surface area contributed by atoms with Crippen molar-refractivity contribution in [3.8, 4) is 0 Å². The molecule has 0 aromatic rings. The third-order valence-corrected chi connectivity index (χ3v) is 3.56. The lowest BCUT2D eigenvalue weighted by Gasteiger charge is -2.39. The number of nitrogens with one attached hydrogen (secondary N) is 1. The highest BCUT2D eigenvalue weighted by Crippen LogP contribution is 2.18. The molecule has 0 aromatic carbocycles. The van der Waals surface area contributed by atoms with Crippen LogP contribution >= 0.6 is 0 Å². The van der Waals surface area contributed by atoms with Gasteiger partial charge in [-0.15, -0.1) is 0 Å². The van der Waals surface area contributed by atoms with Gasteiger partial charge in [0.1, 0.15) is 0 Å². The predicted molar refractivity (Wildman–Crippen MR) is 65.6 cm³/mol. The first-order valence-corrected chi connectivity index (χ1v) is 6.58. The molecule has 2 aliphatic heterocycles. The fourth-order valence-electron chi connectivity index (χ4n) is 2.74. The van der Waals surface area contributed by atoms with Gasteiger partial charge in [0, 0.05) is 26.2 Å². The van der Waals surface area contributed by atoms with E-state index in [0.29, 0.717) is 6.54 Å². The monoisotopic (exact) mass is 241 g/mol. The van der Waals surface area contributed by atoms with Crippen LogP contribution in [0.2, 0.25) is 0 Å². The largest absolute Gasteiger partial charge is 0.371 e. The van der Waals surface area contributed by atoms with Crippen LogP contribution in [-0.2, 0) is 9.53 Å². The van der Waals surface area contributed by atoms with Gasteiger partial charge in [-0.05, 0) is 26.2 Å². The smallest absolute Gasteiger partial charge is 0.237 e. The minimum absolute atomic E-state index is 0.0119. The van der Waals surface area contributed by atoms with E-state index in [9.17, 15) is 4.79 Å². The Balaban J connectivity index is 2.01. The first-order chi connectivity index (χ1) is 8.20. The Hall–Kier alpha value is -0.650. The van der Waals surface area contributed by atoms with Gasteiger partial charge in [0.2, 0.25) is 5.91 Å². The van der Waals surface area contributed by atoms with E-state index < -0.39 is 0 Å². The molecule has 3 N–H and O–H groups in total. The van der Waals surface area contributed by atoms with Crippen LogP contribution in [0.5, 0.6) is 0 Å². The van der Waals surface area contributed by atoms with Crippen molar-refractivity contribution in [1.29, 1.82) is 0 Å². The summed E-state index contributed by atoms with van der Waals surface area (Å²) in [5.74, 6) is 0.173. The maximum Gasteiger partial charge on any atom is 0.237 e. The summed E-state index contributed by atoms with van der Waals surface area (Å²) in [5.41, 5.74) is 5.67. The number of carbonyl (C=O) groups is 1. The maximum absolute atomic E-state index is 12.0. The summed E-state index contributed by atoms with van der Waals surface area (Å²) >= 11 is 0. The van der Waals surface area contributed by atoms with E-state index in [1.54, 1.807) is 0 Å². The number of rotatable bonds is 2. The van der Waals surface area contributed by atoms with Crippen molar-refractivity contribution in [3.63, 3.8) is 0 Å². The van der Waals surface area contributed by atoms with Crippen LogP contribution in [0.4, 0.5) is 0 Å². The van der Waals surface area contributed by atoms with Crippen LogP contribution in [0.15, 0.2) is 0 Å². The molecule has 2 fully saturated rings. The number of hydrogen-bond donors (Lipinski definition) is 2. The molecule has 0 saturated carbocycles. The fraction of sp³-hybridized carbons (Fsp3) is 0.917. The fourth-order valence-corrected chi connectivity index (χ4v) is 2.74. The van der Waals surface area contributed by atoms with Gasteiger partial charge in [-0.1, -0.05) is 0 Å². The summed E-state index contributed by atoms with van der Waals surface area (Å²) in [7, 11) is 0. The van der Waals surface area contributed by atoms with Gasteiger partial charge in [0.15, 0.2) is 0 Å². The Kier molecular flexibility index (Phi) is 4.36. The van der Waals surface area contributed by atoms with E-state index >= 15 is 0 Å². The molecule has 2 rings (SSSR count). The van der Waals surface area contributed by atoms with E-state index in [-0.39, 0.29) is 24.2 Å². The summed E-state index contributed by atoms with van der Waals surface area (Å²) in [6, 6.07) is 0.0119. The van der Waals surface area contributed by atoms with Crippen molar-refractivity contribution in [1.82, 2.24) is 10.2 Å². The molecule has 98 valence electrons. The van der Waals surface area contributed by atoms with Crippen molar-refractivity contribution in [2.45, 2.75) is 44.4 Å². The number of amides is 1. The molecule has 0 aliphatic carbocycles. The highest BCUT2D eigenvalue weighted by molar-refractivity contribution is 5.81. The highest BCUT2D eigenvalue weighted by atomic mass is 16.5. The number of carbonyl (C=O) groups excluding carboxylic acids is 1. The second-order valence-electron chi connectivity index (χ2n) is 5.06. The Morgan fingerprint density at radius 1 is 1.47 bits per heavy atom. The van der Waals surface area contributed by atoms with Crippen LogP contribution in [0.25, 0.3) is 0 Å². The number of ether oxygens (including phenoxy) is 1. The molecular weight excluding hydrogens is 218 g/mol. The Labute approximate surface area is 103 Å². The zero-order valence-electron chi connectivity index (χ0n) is 10.5. The maximum atomic E-state index is 12.0. The minimum Gasteiger partial charge on any atom is -0.371 e. The predicted octanol–water partition coefficient (Wildman–Crippen LogP) is -0.297. The van der Waals surface area contributed by atoms with Crippen molar-refractivity contribution in [2.24, 2.45) is 5.73 Å². The summed E-state index contributed by atoms with van der Waals surface area (Å²) in [5, 5.41) is 2.99. The number of nitrogens with two attached hydrogens (primary N) is 1. The van der Waals surface area contributed by atoms with E-state index in [2.05, 4.69) is 10.2 Å². The molecule has 5 heteroatoms. The van der Waals surface area contributed by atoms with Gasteiger partial charge in [-0.25, -0.2) is 0 Å². The summed E-state index contributed by atoms with van der Waals surface area (Å²) < 4.78 is 5.72. The molecule has 5 nitrogen and oxygen atoms in total. The third-order valence-electron chi connectivity index (χ3n) is 3.56. The van der Waals surface area contributed by atoms with Gasteiger partial charge >= 0.3 is 0 Å². The Morgan fingerprint density at radius 3 is 3.06 bits per heavy atom. The topological polar surface area (TPSA) is 67.6 Å². The molecule has 0 spiro atoms. The van der Waals surface area contributed by atoms with Gasteiger partial charge in [-0.2, -0.15) is 0 Å². The van der Waals surface area contributed by atoms with E-state index in [0.717, 1.165) is 38.9 Å². The summed E-state index contributed by atoms with van der Waals surface area (Å²) in [6.07, 6.45) is 3.38. The molecule has 3 unspecified atom stereocenters. The Morgan fingerprint density at radius 2 is 2.29 bits per heavy atom.